The molecular formula is C21H27BFN3O5. The van der Waals surface area contributed by atoms with Crippen LogP contribution >= 0.6 is 0 Å². The maximum absolute atomic E-state index is 15.9. The van der Waals surface area contributed by atoms with Crippen LogP contribution < -0.4 is 4.74 Å². The molecule has 1 aliphatic rings. The highest BCUT2D eigenvalue weighted by Crippen LogP contribution is 2.41. The van der Waals surface area contributed by atoms with Gasteiger partial charge in [-0.05, 0) is 40.7 Å². The first kappa shape index (κ1) is 23.0. The Morgan fingerprint density at radius 2 is 1.84 bits per heavy atom. The van der Waals surface area contributed by atoms with Crippen LogP contribution in [0.1, 0.15) is 50.7 Å². The molecule has 0 N–H and O–H groups in total. The van der Waals surface area contributed by atoms with Gasteiger partial charge < -0.3 is 18.8 Å². The lowest BCUT2D eigenvalue weighted by atomic mass is 9.82. The molecule has 1 aromatic heterocycles. The highest BCUT2D eigenvalue weighted by atomic mass is 19.1. The van der Waals surface area contributed by atoms with E-state index in [1.165, 1.54) is 18.0 Å². The van der Waals surface area contributed by atoms with Gasteiger partial charge in [0.15, 0.2) is 5.69 Å². The minimum atomic E-state index is -1.20. The first-order valence-corrected chi connectivity index (χ1v) is 10.0. The number of rotatable bonds is 7. The molecule has 0 amide bonds. The monoisotopic (exact) mass is 431 g/mol. The number of carbonyl (C=O) groups is 1. The topological polar surface area (TPSA) is 84.7 Å². The Kier molecular flexibility index (Phi) is 6.52. The van der Waals surface area contributed by atoms with Crippen LogP contribution in [-0.4, -0.2) is 53.0 Å². The third kappa shape index (κ3) is 4.64. The molecule has 0 aliphatic carbocycles. The first-order valence-electron chi connectivity index (χ1n) is 10.0. The zero-order valence-corrected chi connectivity index (χ0v) is 18.6. The summed E-state index contributed by atoms with van der Waals surface area (Å²) in [4.78, 5) is 11.7. The summed E-state index contributed by atoms with van der Waals surface area (Å²) >= 11 is 0. The minimum absolute atomic E-state index is 0.0238. The van der Waals surface area contributed by atoms with E-state index in [4.69, 9.17) is 14.0 Å². The number of benzene rings is 1. The average Bonchev–Trinajstić information content (AvgIpc) is 3.27. The van der Waals surface area contributed by atoms with Gasteiger partial charge in [0.25, 0.3) is 0 Å². The van der Waals surface area contributed by atoms with Gasteiger partial charge in [-0.3, -0.25) is 0 Å². The van der Waals surface area contributed by atoms with Crippen molar-refractivity contribution in [2.75, 3.05) is 13.7 Å². The van der Waals surface area contributed by atoms with E-state index in [1.54, 1.807) is 18.2 Å². The molecule has 0 bridgehead atoms. The zero-order chi connectivity index (χ0) is 22.8. The quantitative estimate of drug-likeness (QED) is 0.490. The van der Waals surface area contributed by atoms with Crippen molar-refractivity contribution in [3.8, 4) is 5.75 Å². The third-order valence-corrected chi connectivity index (χ3v) is 5.51. The van der Waals surface area contributed by atoms with Crippen molar-refractivity contribution in [2.24, 2.45) is 0 Å². The maximum Gasteiger partial charge on any atom is 0.525 e. The van der Waals surface area contributed by atoms with Crippen LogP contribution in [0.5, 0.6) is 5.75 Å². The number of ether oxygens (including phenoxy) is 2. The summed E-state index contributed by atoms with van der Waals surface area (Å²) in [5, 5.41) is 7.73. The van der Waals surface area contributed by atoms with Crippen LogP contribution in [-0.2, 0) is 20.6 Å². The fraction of sp³-hybridized carbons (Fsp3) is 0.476. The van der Waals surface area contributed by atoms with E-state index in [0.717, 1.165) is 0 Å². The van der Waals surface area contributed by atoms with Crippen LogP contribution in [0.2, 0.25) is 0 Å². The van der Waals surface area contributed by atoms with Gasteiger partial charge in [0.2, 0.25) is 0 Å². The molecule has 166 valence electrons. The number of allylic oxidation sites excluding steroid dienone is 1. The Balaban J connectivity index is 2.06. The van der Waals surface area contributed by atoms with E-state index in [0.29, 0.717) is 17.9 Å². The van der Waals surface area contributed by atoms with Crippen molar-refractivity contribution < 1.29 is 28.0 Å². The fourth-order valence-electron chi connectivity index (χ4n) is 3.11. The molecule has 10 heteroatoms. The molecule has 0 radical (unpaired) electrons. The molecule has 31 heavy (non-hydrogen) atoms. The lowest BCUT2D eigenvalue weighted by Crippen LogP contribution is -2.41. The first-order chi connectivity index (χ1) is 14.6. The van der Waals surface area contributed by atoms with E-state index in [-0.39, 0.29) is 17.8 Å². The van der Waals surface area contributed by atoms with Gasteiger partial charge in [-0.1, -0.05) is 23.4 Å². The summed E-state index contributed by atoms with van der Waals surface area (Å²) in [5.74, 6) is -0.113. The standard InChI is InChI=1S/C21H27BFN3O5/c1-7-29-17-11-9-8-10-14(17)15(12-26-13-16(24-25-26)19(27)28-6)18(23)22-30-20(2,3)21(4,5)31-22/h8-11,13H,7,12H2,1-6H3. The summed E-state index contributed by atoms with van der Waals surface area (Å²) < 4.78 is 39.5. The van der Waals surface area contributed by atoms with Crippen LogP contribution in [0.15, 0.2) is 36.2 Å². The summed E-state index contributed by atoms with van der Waals surface area (Å²) in [6, 6.07) is 7.11. The van der Waals surface area contributed by atoms with Gasteiger partial charge >= 0.3 is 13.1 Å². The van der Waals surface area contributed by atoms with E-state index in [1.807, 2.05) is 40.7 Å². The van der Waals surface area contributed by atoms with Crippen molar-refractivity contribution in [1.29, 1.82) is 0 Å². The fourth-order valence-corrected chi connectivity index (χ4v) is 3.11. The van der Waals surface area contributed by atoms with Gasteiger partial charge in [-0.15, -0.1) is 5.10 Å². The maximum atomic E-state index is 15.9. The molecule has 1 fully saturated rings. The molecular weight excluding hydrogens is 404 g/mol. The molecule has 0 spiro atoms. The molecule has 1 saturated heterocycles. The lowest BCUT2D eigenvalue weighted by molar-refractivity contribution is 0.00578. The van der Waals surface area contributed by atoms with Crippen LogP contribution in [0, 0.1) is 0 Å². The third-order valence-electron chi connectivity index (χ3n) is 5.51. The van der Waals surface area contributed by atoms with Crippen molar-refractivity contribution in [3.05, 3.63) is 47.4 Å². The molecule has 0 unspecified atom stereocenters. The molecule has 2 heterocycles. The number of hydrogen-bond donors (Lipinski definition) is 0. The van der Waals surface area contributed by atoms with Gasteiger partial charge in [0.05, 0.1) is 37.7 Å². The number of carbonyl (C=O) groups excluding carboxylic acids is 1. The second-order valence-electron chi connectivity index (χ2n) is 8.14. The molecule has 0 saturated carbocycles. The van der Waals surface area contributed by atoms with Crippen molar-refractivity contribution in [2.45, 2.75) is 52.4 Å². The van der Waals surface area contributed by atoms with E-state index in [2.05, 4.69) is 15.0 Å². The number of aromatic nitrogens is 3. The summed E-state index contributed by atoms with van der Waals surface area (Å²) in [6.07, 6.45) is 1.40. The lowest BCUT2D eigenvalue weighted by Gasteiger charge is -2.32. The van der Waals surface area contributed by atoms with Crippen LogP contribution in [0.4, 0.5) is 4.39 Å². The molecule has 2 aromatic rings. The Morgan fingerprint density at radius 3 is 2.45 bits per heavy atom. The molecule has 1 aliphatic heterocycles. The van der Waals surface area contributed by atoms with Crippen molar-refractivity contribution in [3.63, 3.8) is 0 Å². The Hall–Kier alpha value is -2.72. The second-order valence-corrected chi connectivity index (χ2v) is 8.14. The molecule has 3 rings (SSSR count). The van der Waals surface area contributed by atoms with E-state index >= 15 is 4.39 Å². The van der Waals surface area contributed by atoms with Gasteiger partial charge in [-0.2, -0.15) is 0 Å². The molecule has 8 nitrogen and oxygen atoms in total. The summed E-state index contributed by atoms with van der Waals surface area (Å²) in [6.45, 7) is 9.66. The summed E-state index contributed by atoms with van der Waals surface area (Å²) in [5.41, 5.74) is -1.19. The number of esters is 1. The normalized spacial score (nSPS) is 18.0. The molecule has 0 atom stereocenters. The van der Waals surface area contributed by atoms with Crippen molar-refractivity contribution in [1.82, 2.24) is 15.0 Å². The highest BCUT2D eigenvalue weighted by molar-refractivity contribution is 6.55. The van der Waals surface area contributed by atoms with Gasteiger partial charge in [0, 0.05) is 11.1 Å². The van der Waals surface area contributed by atoms with E-state index in [9.17, 15) is 4.79 Å². The SMILES string of the molecule is CCOc1ccccc1C(Cn1cc(C(=O)OC)nn1)=C(F)B1OC(C)(C)C(C)(C)O1. The average molecular weight is 431 g/mol. The number of nitrogens with zero attached hydrogens (tertiary/aromatic N) is 3. The van der Waals surface area contributed by atoms with Crippen LogP contribution in [0.25, 0.3) is 5.57 Å². The second kappa shape index (κ2) is 8.80. The summed E-state index contributed by atoms with van der Waals surface area (Å²) in [7, 11) is 0.0569. The zero-order valence-electron chi connectivity index (χ0n) is 18.6. The number of para-hydroxylation sites is 1. The Bertz CT molecular complexity index is 973. The number of methoxy groups -OCH3 is 1. The minimum Gasteiger partial charge on any atom is -0.493 e. The Labute approximate surface area is 181 Å². The number of hydrogen-bond acceptors (Lipinski definition) is 7. The smallest absolute Gasteiger partial charge is 0.493 e. The molecule has 1 aromatic carbocycles. The van der Waals surface area contributed by atoms with Gasteiger partial charge in [-0.25, -0.2) is 13.9 Å². The predicted octanol–water partition coefficient (Wildman–Crippen LogP) is 3.48. The largest absolute Gasteiger partial charge is 0.525 e. The van der Waals surface area contributed by atoms with Crippen LogP contribution in [0.3, 0.4) is 0 Å². The Morgan fingerprint density at radius 1 is 1.19 bits per heavy atom. The highest BCUT2D eigenvalue weighted by Gasteiger charge is 2.53. The number of halogens is 1. The van der Waals surface area contributed by atoms with E-state index < -0.39 is 30.0 Å². The van der Waals surface area contributed by atoms with Gasteiger partial charge in [0.1, 0.15) is 11.5 Å². The van der Waals surface area contributed by atoms with Crippen molar-refractivity contribution >= 4 is 18.7 Å². The predicted molar refractivity (Wildman–Crippen MR) is 113 cm³/mol.